The van der Waals surface area contributed by atoms with E-state index in [0.717, 1.165) is 16.7 Å². The van der Waals surface area contributed by atoms with Crippen LogP contribution in [0.1, 0.15) is 68.6 Å². The molecule has 2 N–H and O–H groups in total. The van der Waals surface area contributed by atoms with Crippen LogP contribution in [0.4, 0.5) is 0 Å². The number of aliphatic hydroxyl groups is 1. The molecular weight excluding hydrogens is 240 g/mol. The van der Waals surface area contributed by atoms with Crippen molar-refractivity contribution in [3.05, 3.63) is 34.4 Å². The fourth-order valence-corrected chi connectivity index (χ4v) is 2.30. The van der Waals surface area contributed by atoms with Gasteiger partial charge in [-0.15, -0.1) is 0 Å². The number of aromatic carboxylic acids is 1. The average Bonchev–Trinajstić information content (AvgIpc) is 2.24. The van der Waals surface area contributed by atoms with Gasteiger partial charge in [0.25, 0.3) is 0 Å². The van der Waals surface area contributed by atoms with Crippen LogP contribution in [0.3, 0.4) is 0 Å². The van der Waals surface area contributed by atoms with Gasteiger partial charge in [0.1, 0.15) is 0 Å². The van der Waals surface area contributed by atoms with Gasteiger partial charge in [-0.05, 0) is 39.7 Å². The summed E-state index contributed by atoms with van der Waals surface area (Å²) in [6, 6.07) is 3.37. The topological polar surface area (TPSA) is 57.5 Å². The van der Waals surface area contributed by atoms with Gasteiger partial charge < -0.3 is 10.2 Å². The predicted molar refractivity (Wildman–Crippen MR) is 76.7 cm³/mol. The van der Waals surface area contributed by atoms with E-state index < -0.39 is 5.97 Å². The normalized spacial score (nSPS) is 12.6. The van der Waals surface area contributed by atoms with E-state index in [2.05, 4.69) is 0 Å². The van der Waals surface area contributed by atoms with E-state index in [-0.39, 0.29) is 23.0 Å². The highest BCUT2D eigenvalue weighted by atomic mass is 16.4. The van der Waals surface area contributed by atoms with E-state index in [4.69, 9.17) is 0 Å². The van der Waals surface area contributed by atoms with E-state index in [9.17, 15) is 15.0 Å². The second-order valence-corrected chi connectivity index (χ2v) is 7.01. The molecule has 0 fully saturated rings. The average molecular weight is 264 g/mol. The zero-order valence-corrected chi connectivity index (χ0v) is 12.7. The molecule has 0 saturated carbocycles. The summed E-state index contributed by atoms with van der Waals surface area (Å²) in [6.07, 6.45) is 0. The third-order valence-electron chi connectivity index (χ3n) is 3.27. The molecule has 3 heteroatoms. The Hall–Kier alpha value is -1.35. The fourth-order valence-electron chi connectivity index (χ4n) is 2.30. The lowest BCUT2D eigenvalue weighted by Gasteiger charge is -2.30. The number of hydrogen-bond donors (Lipinski definition) is 2. The Morgan fingerprint density at radius 1 is 1.00 bits per heavy atom. The first kappa shape index (κ1) is 15.7. The molecule has 0 saturated heterocycles. The van der Waals surface area contributed by atoms with Crippen molar-refractivity contribution in [1.29, 1.82) is 0 Å². The van der Waals surface area contributed by atoms with Gasteiger partial charge in [-0.3, -0.25) is 0 Å². The molecule has 0 aliphatic carbocycles. The van der Waals surface area contributed by atoms with Gasteiger partial charge in [-0.2, -0.15) is 0 Å². The molecule has 1 rings (SSSR count). The summed E-state index contributed by atoms with van der Waals surface area (Å²) in [5.41, 5.74) is 2.53. The number of carboxylic acid groups (broad SMARTS) is 1. The van der Waals surface area contributed by atoms with Crippen molar-refractivity contribution in [2.45, 2.75) is 59.0 Å². The van der Waals surface area contributed by atoms with E-state index >= 15 is 0 Å². The van der Waals surface area contributed by atoms with Crippen LogP contribution in [0.5, 0.6) is 0 Å². The number of benzene rings is 1. The standard InChI is InChI=1S/C16H24O3/c1-15(2,3)12-7-10(14(18)19)8-13(11(12)9-17)16(4,5)6/h7-8,17H,9H2,1-6H3,(H,18,19). The summed E-state index contributed by atoms with van der Waals surface area (Å²) >= 11 is 0. The van der Waals surface area contributed by atoms with Gasteiger partial charge in [0.15, 0.2) is 0 Å². The summed E-state index contributed by atoms with van der Waals surface area (Å²) in [7, 11) is 0. The smallest absolute Gasteiger partial charge is 0.335 e. The summed E-state index contributed by atoms with van der Waals surface area (Å²) in [5.74, 6) is -0.930. The fraction of sp³-hybridized carbons (Fsp3) is 0.562. The molecule has 1 aromatic rings. The third-order valence-corrected chi connectivity index (χ3v) is 3.27. The first-order chi connectivity index (χ1) is 8.48. The molecule has 0 heterocycles. The molecule has 3 nitrogen and oxygen atoms in total. The Bertz CT molecular complexity index is 453. The van der Waals surface area contributed by atoms with E-state index in [1.165, 1.54) is 0 Å². The number of carbonyl (C=O) groups is 1. The number of carboxylic acids is 1. The summed E-state index contributed by atoms with van der Waals surface area (Å²) < 4.78 is 0. The van der Waals surface area contributed by atoms with Crippen LogP contribution in [0.15, 0.2) is 12.1 Å². The van der Waals surface area contributed by atoms with E-state index in [1.54, 1.807) is 12.1 Å². The SMILES string of the molecule is CC(C)(C)c1cc(C(=O)O)cc(C(C)(C)C)c1CO. The minimum atomic E-state index is -0.930. The van der Waals surface area contributed by atoms with Crippen LogP contribution < -0.4 is 0 Å². The molecule has 0 aliphatic rings. The molecule has 0 spiro atoms. The molecule has 0 radical (unpaired) electrons. The lowest BCUT2D eigenvalue weighted by molar-refractivity contribution is 0.0696. The van der Waals surface area contributed by atoms with E-state index in [0.29, 0.717) is 0 Å². The van der Waals surface area contributed by atoms with Crippen molar-refractivity contribution < 1.29 is 15.0 Å². The highest BCUT2D eigenvalue weighted by Crippen LogP contribution is 2.35. The van der Waals surface area contributed by atoms with Crippen molar-refractivity contribution in [3.63, 3.8) is 0 Å². The van der Waals surface area contributed by atoms with Crippen molar-refractivity contribution in [3.8, 4) is 0 Å². The number of aliphatic hydroxyl groups excluding tert-OH is 1. The lowest BCUT2D eigenvalue weighted by atomic mass is 9.75. The zero-order valence-electron chi connectivity index (χ0n) is 12.7. The molecule has 0 amide bonds. The maximum Gasteiger partial charge on any atom is 0.335 e. The lowest BCUT2D eigenvalue weighted by Crippen LogP contribution is -2.22. The third kappa shape index (κ3) is 3.35. The highest BCUT2D eigenvalue weighted by molar-refractivity contribution is 5.88. The maximum absolute atomic E-state index is 11.3. The Kier molecular flexibility index (Phi) is 4.11. The molecule has 0 unspecified atom stereocenters. The molecule has 1 aromatic carbocycles. The van der Waals surface area contributed by atoms with Gasteiger partial charge >= 0.3 is 5.97 Å². The van der Waals surface area contributed by atoms with Gasteiger partial charge in [-0.1, -0.05) is 41.5 Å². The van der Waals surface area contributed by atoms with Gasteiger partial charge in [0, 0.05) is 0 Å². The van der Waals surface area contributed by atoms with Gasteiger partial charge in [0.2, 0.25) is 0 Å². The Labute approximate surface area is 115 Å². The Morgan fingerprint density at radius 2 is 1.37 bits per heavy atom. The summed E-state index contributed by atoms with van der Waals surface area (Å²) in [4.78, 5) is 11.3. The van der Waals surface area contributed by atoms with Gasteiger partial charge in [-0.25, -0.2) is 4.79 Å². The summed E-state index contributed by atoms with van der Waals surface area (Å²) in [5, 5.41) is 19.0. The van der Waals surface area contributed by atoms with Crippen LogP contribution in [-0.4, -0.2) is 16.2 Å². The second-order valence-electron chi connectivity index (χ2n) is 7.01. The van der Waals surface area contributed by atoms with Crippen LogP contribution in [0.25, 0.3) is 0 Å². The highest BCUT2D eigenvalue weighted by Gasteiger charge is 2.27. The van der Waals surface area contributed by atoms with E-state index in [1.807, 2.05) is 41.5 Å². The second kappa shape index (κ2) is 4.97. The molecule has 106 valence electrons. The molecular formula is C16H24O3. The van der Waals surface area contributed by atoms with Gasteiger partial charge in [0.05, 0.1) is 12.2 Å². The Balaban J connectivity index is 3.72. The van der Waals surface area contributed by atoms with Crippen LogP contribution in [0.2, 0.25) is 0 Å². The Morgan fingerprint density at radius 3 is 1.58 bits per heavy atom. The zero-order chi connectivity index (χ0) is 15.0. The molecule has 0 aliphatic heterocycles. The number of rotatable bonds is 2. The van der Waals surface area contributed by atoms with Crippen molar-refractivity contribution in [1.82, 2.24) is 0 Å². The molecule has 0 aromatic heterocycles. The molecule has 0 bridgehead atoms. The first-order valence-corrected chi connectivity index (χ1v) is 6.50. The van der Waals surface area contributed by atoms with Crippen molar-refractivity contribution in [2.75, 3.05) is 0 Å². The van der Waals surface area contributed by atoms with Crippen LogP contribution in [-0.2, 0) is 17.4 Å². The maximum atomic E-state index is 11.3. The predicted octanol–water partition coefficient (Wildman–Crippen LogP) is 3.47. The first-order valence-electron chi connectivity index (χ1n) is 6.50. The largest absolute Gasteiger partial charge is 0.478 e. The van der Waals surface area contributed by atoms with Crippen molar-refractivity contribution >= 4 is 5.97 Å². The van der Waals surface area contributed by atoms with Crippen LogP contribution >= 0.6 is 0 Å². The quantitative estimate of drug-likeness (QED) is 0.860. The van der Waals surface area contributed by atoms with Crippen LogP contribution in [0, 0.1) is 0 Å². The number of hydrogen-bond acceptors (Lipinski definition) is 2. The summed E-state index contributed by atoms with van der Waals surface area (Å²) in [6.45, 7) is 12.1. The molecule has 19 heavy (non-hydrogen) atoms. The minimum Gasteiger partial charge on any atom is -0.478 e. The van der Waals surface area contributed by atoms with Crippen molar-refractivity contribution in [2.24, 2.45) is 0 Å². The monoisotopic (exact) mass is 264 g/mol. The molecule has 0 atom stereocenters. The minimum absolute atomic E-state index is 0.0703.